The molecule has 1 atom stereocenters. The fourth-order valence-corrected chi connectivity index (χ4v) is 5.10. The zero-order valence-corrected chi connectivity index (χ0v) is 15.5. The number of esters is 1. The first kappa shape index (κ1) is 19.4. The van der Waals surface area contributed by atoms with Crippen molar-refractivity contribution in [1.29, 1.82) is 0 Å². The maximum absolute atomic E-state index is 12.6. The third-order valence-corrected chi connectivity index (χ3v) is 6.15. The standard InChI is InChI=1S/C18H23F3N2O2S/c1-22-13-4-6-15(7-5-13)26-23-11-14(25-16(24)18(19,20)21)10-17(12-23)8-2-3-9-17/h4-7,14,22H,2-3,8-12H2,1H3. The molecular formula is C18H23F3N2O2S. The molecule has 1 saturated carbocycles. The number of rotatable bonds is 4. The van der Waals surface area contributed by atoms with E-state index in [1.54, 1.807) is 0 Å². The van der Waals surface area contributed by atoms with Crippen LogP contribution in [0, 0.1) is 5.41 Å². The summed E-state index contributed by atoms with van der Waals surface area (Å²) in [6, 6.07) is 7.86. The molecule has 8 heteroatoms. The van der Waals surface area contributed by atoms with Crippen LogP contribution >= 0.6 is 11.9 Å². The number of benzene rings is 1. The third kappa shape index (κ3) is 4.65. The van der Waals surface area contributed by atoms with E-state index in [0.717, 1.165) is 42.8 Å². The van der Waals surface area contributed by atoms with Crippen molar-refractivity contribution in [3.8, 4) is 0 Å². The van der Waals surface area contributed by atoms with Gasteiger partial charge in [0.2, 0.25) is 0 Å². The van der Waals surface area contributed by atoms with Gasteiger partial charge >= 0.3 is 12.1 Å². The van der Waals surface area contributed by atoms with Crippen LogP contribution in [0.3, 0.4) is 0 Å². The molecule has 0 bridgehead atoms. The van der Waals surface area contributed by atoms with Gasteiger partial charge < -0.3 is 10.1 Å². The molecule has 1 unspecified atom stereocenters. The summed E-state index contributed by atoms with van der Waals surface area (Å²) in [4.78, 5) is 12.3. The molecule has 26 heavy (non-hydrogen) atoms. The van der Waals surface area contributed by atoms with Gasteiger partial charge in [-0.25, -0.2) is 9.10 Å². The highest BCUT2D eigenvalue weighted by Crippen LogP contribution is 2.47. The first-order chi connectivity index (χ1) is 12.3. The van der Waals surface area contributed by atoms with Crippen LogP contribution in [-0.4, -0.2) is 42.7 Å². The fourth-order valence-electron chi connectivity index (χ4n) is 3.96. The van der Waals surface area contributed by atoms with E-state index in [9.17, 15) is 18.0 Å². The SMILES string of the molecule is CNc1ccc(SN2CC(OC(=O)C(F)(F)F)CC3(CCCC3)C2)cc1. The van der Waals surface area contributed by atoms with Gasteiger partial charge in [0.15, 0.2) is 0 Å². The summed E-state index contributed by atoms with van der Waals surface area (Å²) in [6.07, 6.45) is -1.04. The normalized spacial score (nSPS) is 23.2. The van der Waals surface area contributed by atoms with Crippen LogP contribution in [0.5, 0.6) is 0 Å². The quantitative estimate of drug-likeness (QED) is 0.609. The van der Waals surface area contributed by atoms with Crippen molar-refractivity contribution in [3.63, 3.8) is 0 Å². The van der Waals surface area contributed by atoms with Crippen LogP contribution in [-0.2, 0) is 9.53 Å². The van der Waals surface area contributed by atoms with E-state index < -0.39 is 18.2 Å². The van der Waals surface area contributed by atoms with Crippen LogP contribution in [0.2, 0.25) is 0 Å². The molecule has 1 N–H and O–H groups in total. The summed E-state index contributed by atoms with van der Waals surface area (Å²) in [7, 11) is 1.84. The van der Waals surface area contributed by atoms with Crippen LogP contribution in [0.25, 0.3) is 0 Å². The molecule has 1 spiro atoms. The van der Waals surface area contributed by atoms with Gasteiger partial charge in [-0.3, -0.25) is 0 Å². The molecule has 4 nitrogen and oxygen atoms in total. The second-order valence-corrected chi connectivity index (χ2v) is 8.29. The maximum atomic E-state index is 12.6. The highest BCUT2D eigenvalue weighted by Gasteiger charge is 2.47. The average Bonchev–Trinajstić information content (AvgIpc) is 3.01. The number of nitrogens with zero attached hydrogens (tertiary/aromatic N) is 1. The van der Waals surface area contributed by atoms with Crippen molar-refractivity contribution < 1.29 is 22.7 Å². The molecule has 0 aromatic heterocycles. The second kappa shape index (κ2) is 7.68. The Kier molecular flexibility index (Phi) is 5.72. The van der Waals surface area contributed by atoms with E-state index in [1.807, 2.05) is 31.3 Å². The summed E-state index contributed by atoms with van der Waals surface area (Å²) in [5.74, 6) is -2.08. The van der Waals surface area contributed by atoms with E-state index in [1.165, 1.54) is 11.9 Å². The molecule has 1 aromatic carbocycles. The van der Waals surface area contributed by atoms with E-state index in [2.05, 4.69) is 9.62 Å². The van der Waals surface area contributed by atoms with Gasteiger partial charge in [-0.05, 0) is 60.9 Å². The summed E-state index contributed by atoms with van der Waals surface area (Å²) in [5.41, 5.74) is 0.949. The minimum Gasteiger partial charge on any atom is -0.454 e. The van der Waals surface area contributed by atoms with Crippen LogP contribution in [0.15, 0.2) is 29.2 Å². The molecular weight excluding hydrogens is 365 g/mol. The largest absolute Gasteiger partial charge is 0.490 e. The molecule has 2 aliphatic rings. The van der Waals surface area contributed by atoms with Crippen molar-refractivity contribution in [2.24, 2.45) is 5.41 Å². The molecule has 1 heterocycles. The number of hydrogen-bond acceptors (Lipinski definition) is 5. The maximum Gasteiger partial charge on any atom is 0.490 e. The Bertz CT molecular complexity index is 630. The Morgan fingerprint density at radius 1 is 1.27 bits per heavy atom. The number of nitrogens with one attached hydrogen (secondary N) is 1. The lowest BCUT2D eigenvalue weighted by Gasteiger charge is -2.43. The molecule has 144 valence electrons. The number of ether oxygens (including phenoxy) is 1. The van der Waals surface area contributed by atoms with Gasteiger partial charge in [0, 0.05) is 30.7 Å². The number of halogens is 3. The monoisotopic (exact) mass is 388 g/mol. The molecule has 1 saturated heterocycles. The fraction of sp³-hybridized carbons (Fsp3) is 0.611. The lowest BCUT2D eigenvalue weighted by Crippen LogP contribution is -2.48. The highest BCUT2D eigenvalue weighted by atomic mass is 32.2. The van der Waals surface area contributed by atoms with Crippen LogP contribution in [0.4, 0.5) is 18.9 Å². The van der Waals surface area contributed by atoms with Crippen LogP contribution < -0.4 is 5.32 Å². The average molecular weight is 388 g/mol. The minimum atomic E-state index is -4.94. The predicted octanol–water partition coefficient (Wildman–Crippen LogP) is 4.48. The van der Waals surface area contributed by atoms with E-state index in [4.69, 9.17) is 4.74 Å². The Morgan fingerprint density at radius 2 is 1.92 bits per heavy atom. The smallest absolute Gasteiger partial charge is 0.454 e. The highest BCUT2D eigenvalue weighted by molar-refractivity contribution is 7.97. The van der Waals surface area contributed by atoms with Crippen LogP contribution in [0.1, 0.15) is 32.1 Å². The number of anilines is 1. The van der Waals surface area contributed by atoms with Crippen molar-refractivity contribution in [1.82, 2.24) is 4.31 Å². The Labute approximate surface area is 155 Å². The zero-order chi connectivity index (χ0) is 18.8. The Morgan fingerprint density at radius 3 is 2.50 bits per heavy atom. The number of hydrogen-bond donors (Lipinski definition) is 1. The molecule has 0 amide bonds. The van der Waals surface area contributed by atoms with Crippen molar-refractivity contribution in [2.75, 3.05) is 25.5 Å². The molecule has 2 fully saturated rings. The Hall–Kier alpha value is -1.41. The number of piperidine rings is 1. The summed E-state index contributed by atoms with van der Waals surface area (Å²) in [6.45, 7) is 1.12. The van der Waals surface area contributed by atoms with Gasteiger partial charge in [0.1, 0.15) is 6.10 Å². The van der Waals surface area contributed by atoms with Crippen molar-refractivity contribution in [3.05, 3.63) is 24.3 Å². The van der Waals surface area contributed by atoms with E-state index in [-0.39, 0.29) is 5.41 Å². The third-order valence-electron chi connectivity index (χ3n) is 5.13. The van der Waals surface area contributed by atoms with E-state index in [0.29, 0.717) is 13.0 Å². The first-order valence-electron chi connectivity index (χ1n) is 8.78. The van der Waals surface area contributed by atoms with Gasteiger partial charge in [-0.2, -0.15) is 13.2 Å². The van der Waals surface area contributed by atoms with Gasteiger partial charge in [-0.1, -0.05) is 12.8 Å². The zero-order valence-electron chi connectivity index (χ0n) is 14.6. The number of carbonyl (C=O) groups is 1. The second-order valence-electron chi connectivity index (χ2n) is 7.12. The molecule has 3 rings (SSSR count). The van der Waals surface area contributed by atoms with Gasteiger partial charge in [-0.15, -0.1) is 0 Å². The minimum absolute atomic E-state index is 0.0489. The molecule has 0 radical (unpaired) electrons. The number of carbonyl (C=O) groups excluding carboxylic acids is 1. The van der Waals surface area contributed by atoms with Crippen molar-refractivity contribution in [2.45, 2.75) is 49.3 Å². The molecule has 1 aromatic rings. The first-order valence-corrected chi connectivity index (χ1v) is 9.56. The topological polar surface area (TPSA) is 41.6 Å². The predicted molar refractivity (Wildman–Crippen MR) is 94.9 cm³/mol. The van der Waals surface area contributed by atoms with Gasteiger partial charge in [0.25, 0.3) is 0 Å². The molecule has 1 aliphatic carbocycles. The number of alkyl halides is 3. The summed E-state index contributed by atoms with van der Waals surface area (Å²) < 4.78 is 44.6. The summed E-state index contributed by atoms with van der Waals surface area (Å²) >= 11 is 1.52. The lowest BCUT2D eigenvalue weighted by atomic mass is 9.78. The van der Waals surface area contributed by atoms with E-state index >= 15 is 0 Å². The molecule has 1 aliphatic heterocycles. The van der Waals surface area contributed by atoms with Gasteiger partial charge in [0.05, 0.1) is 0 Å². The Balaban J connectivity index is 1.70. The summed E-state index contributed by atoms with van der Waals surface area (Å²) in [5, 5.41) is 3.05. The van der Waals surface area contributed by atoms with Crippen molar-refractivity contribution >= 4 is 23.6 Å². The lowest BCUT2D eigenvalue weighted by molar-refractivity contribution is -0.207.